The van der Waals surface area contributed by atoms with E-state index in [2.05, 4.69) is 49.7 Å². The van der Waals surface area contributed by atoms with Gasteiger partial charge in [0.2, 0.25) is 0 Å². The molecule has 1 aliphatic carbocycles. The third-order valence-electron chi connectivity index (χ3n) is 3.59. The Morgan fingerprint density at radius 3 is 2.44 bits per heavy atom. The number of hydrogen-bond acceptors (Lipinski definition) is 2. The van der Waals surface area contributed by atoms with Gasteiger partial charge in [-0.3, -0.25) is 4.84 Å². The second-order valence-electron chi connectivity index (χ2n) is 5.73. The molecule has 1 saturated carbocycles. The molecule has 1 atom stereocenters. The summed E-state index contributed by atoms with van der Waals surface area (Å²) in [5.74, 6) is 0.662. The summed E-state index contributed by atoms with van der Waals surface area (Å²) in [6.45, 7) is 4.51. The Balaban J connectivity index is 1.92. The SMILES string of the molecule is CC(C)CC(NOC1CCCC1)c1ccccc1. The van der Waals surface area contributed by atoms with Gasteiger partial charge in [-0.1, -0.05) is 57.0 Å². The van der Waals surface area contributed by atoms with Crippen molar-refractivity contribution < 1.29 is 4.84 Å². The van der Waals surface area contributed by atoms with Crippen molar-refractivity contribution in [2.75, 3.05) is 0 Å². The summed E-state index contributed by atoms with van der Waals surface area (Å²) < 4.78 is 0. The summed E-state index contributed by atoms with van der Waals surface area (Å²) in [7, 11) is 0. The van der Waals surface area contributed by atoms with Crippen LogP contribution in [-0.4, -0.2) is 6.10 Å². The first-order chi connectivity index (χ1) is 8.75. The quantitative estimate of drug-likeness (QED) is 0.759. The first-order valence-corrected chi connectivity index (χ1v) is 7.22. The van der Waals surface area contributed by atoms with Gasteiger partial charge < -0.3 is 0 Å². The first kappa shape index (κ1) is 13.6. The first-order valence-electron chi connectivity index (χ1n) is 7.22. The maximum absolute atomic E-state index is 5.87. The van der Waals surface area contributed by atoms with E-state index in [9.17, 15) is 0 Å². The lowest BCUT2D eigenvalue weighted by molar-refractivity contribution is -0.0441. The molecule has 0 bridgehead atoms. The lowest BCUT2D eigenvalue weighted by Gasteiger charge is -2.23. The molecule has 0 aromatic heterocycles. The van der Waals surface area contributed by atoms with Gasteiger partial charge in [-0.25, -0.2) is 0 Å². The van der Waals surface area contributed by atoms with E-state index in [-0.39, 0.29) is 0 Å². The number of benzene rings is 1. The smallest absolute Gasteiger partial charge is 0.0790 e. The molecular formula is C16H25NO. The minimum absolute atomic E-state index is 0.312. The van der Waals surface area contributed by atoms with Crippen molar-refractivity contribution in [2.24, 2.45) is 5.92 Å². The van der Waals surface area contributed by atoms with Gasteiger partial charge in [0.15, 0.2) is 0 Å². The molecule has 1 fully saturated rings. The van der Waals surface area contributed by atoms with E-state index in [1.165, 1.54) is 31.2 Å². The van der Waals surface area contributed by atoms with E-state index in [0.717, 1.165) is 6.42 Å². The summed E-state index contributed by atoms with van der Waals surface area (Å²) in [5, 5.41) is 0. The highest BCUT2D eigenvalue weighted by Crippen LogP contribution is 2.24. The Bertz CT molecular complexity index is 330. The van der Waals surface area contributed by atoms with Crippen LogP contribution in [0, 0.1) is 5.92 Å². The molecule has 0 radical (unpaired) electrons. The Morgan fingerprint density at radius 2 is 1.83 bits per heavy atom. The van der Waals surface area contributed by atoms with Gasteiger partial charge in [0.25, 0.3) is 0 Å². The fraction of sp³-hybridized carbons (Fsp3) is 0.625. The maximum Gasteiger partial charge on any atom is 0.0790 e. The van der Waals surface area contributed by atoms with Gasteiger partial charge in [0, 0.05) is 0 Å². The monoisotopic (exact) mass is 247 g/mol. The van der Waals surface area contributed by atoms with Crippen LogP contribution in [0.2, 0.25) is 0 Å². The number of hydrogen-bond donors (Lipinski definition) is 1. The predicted octanol–water partition coefficient (Wildman–Crippen LogP) is 4.24. The fourth-order valence-corrected chi connectivity index (χ4v) is 2.59. The highest BCUT2D eigenvalue weighted by atomic mass is 16.7. The third kappa shape index (κ3) is 4.11. The van der Waals surface area contributed by atoms with E-state index in [0.29, 0.717) is 18.1 Å². The molecule has 0 heterocycles. The van der Waals surface area contributed by atoms with Crippen LogP contribution in [0.4, 0.5) is 0 Å². The third-order valence-corrected chi connectivity index (χ3v) is 3.59. The summed E-state index contributed by atoms with van der Waals surface area (Å²) in [6, 6.07) is 10.9. The molecule has 2 heteroatoms. The maximum atomic E-state index is 5.87. The minimum atomic E-state index is 0.312. The lowest BCUT2D eigenvalue weighted by Crippen LogP contribution is -2.27. The predicted molar refractivity (Wildman–Crippen MR) is 75.1 cm³/mol. The molecule has 0 saturated heterocycles. The van der Waals surface area contributed by atoms with E-state index in [4.69, 9.17) is 4.84 Å². The highest BCUT2D eigenvalue weighted by Gasteiger charge is 2.19. The molecular weight excluding hydrogens is 222 g/mol. The zero-order valence-electron chi connectivity index (χ0n) is 11.6. The molecule has 2 nitrogen and oxygen atoms in total. The lowest BCUT2D eigenvalue weighted by atomic mass is 9.98. The van der Waals surface area contributed by atoms with Gasteiger partial charge in [-0.15, -0.1) is 0 Å². The van der Waals surface area contributed by atoms with Gasteiger partial charge in [0.1, 0.15) is 0 Å². The van der Waals surface area contributed by atoms with Crippen molar-refractivity contribution in [3.8, 4) is 0 Å². The highest BCUT2D eigenvalue weighted by molar-refractivity contribution is 5.18. The topological polar surface area (TPSA) is 21.3 Å². The van der Waals surface area contributed by atoms with E-state index in [1.54, 1.807) is 0 Å². The molecule has 0 spiro atoms. The van der Waals surface area contributed by atoms with Crippen molar-refractivity contribution in [1.82, 2.24) is 5.48 Å². The average molecular weight is 247 g/mol. The van der Waals surface area contributed by atoms with Crippen LogP contribution in [0.1, 0.15) is 57.6 Å². The van der Waals surface area contributed by atoms with Crippen LogP contribution in [0.25, 0.3) is 0 Å². The molecule has 0 aliphatic heterocycles. The van der Waals surface area contributed by atoms with Crippen LogP contribution < -0.4 is 5.48 Å². The summed E-state index contributed by atoms with van der Waals surface area (Å²) >= 11 is 0. The van der Waals surface area contributed by atoms with Gasteiger partial charge >= 0.3 is 0 Å². The summed E-state index contributed by atoms with van der Waals surface area (Å²) in [4.78, 5) is 5.87. The van der Waals surface area contributed by atoms with Crippen LogP contribution in [0.15, 0.2) is 30.3 Å². The Kier molecular flexibility index (Phi) is 5.21. The van der Waals surface area contributed by atoms with Crippen molar-refractivity contribution in [3.63, 3.8) is 0 Å². The van der Waals surface area contributed by atoms with Crippen molar-refractivity contribution in [2.45, 2.75) is 58.1 Å². The van der Waals surface area contributed by atoms with Crippen molar-refractivity contribution >= 4 is 0 Å². The minimum Gasteiger partial charge on any atom is -0.298 e. The van der Waals surface area contributed by atoms with Crippen molar-refractivity contribution in [3.05, 3.63) is 35.9 Å². The van der Waals surface area contributed by atoms with Crippen molar-refractivity contribution in [1.29, 1.82) is 0 Å². The van der Waals surface area contributed by atoms with Crippen LogP contribution in [0.5, 0.6) is 0 Å². The number of hydroxylamine groups is 1. The second kappa shape index (κ2) is 6.91. The molecule has 1 aliphatic rings. The van der Waals surface area contributed by atoms with E-state index >= 15 is 0 Å². The molecule has 1 unspecified atom stereocenters. The average Bonchev–Trinajstić information content (AvgIpc) is 2.88. The summed E-state index contributed by atoms with van der Waals surface area (Å²) in [6.07, 6.45) is 6.56. The van der Waals surface area contributed by atoms with E-state index < -0.39 is 0 Å². The fourth-order valence-electron chi connectivity index (χ4n) is 2.59. The van der Waals surface area contributed by atoms with Crippen LogP contribution in [0.3, 0.4) is 0 Å². The number of rotatable bonds is 6. The normalized spacial score (nSPS) is 18.4. The zero-order chi connectivity index (χ0) is 12.8. The van der Waals surface area contributed by atoms with Gasteiger partial charge in [-0.05, 0) is 30.7 Å². The molecule has 0 amide bonds. The Morgan fingerprint density at radius 1 is 1.17 bits per heavy atom. The standard InChI is InChI=1S/C16H25NO/c1-13(2)12-16(14-8-4-3-5-9-14)17-18-15-10-6-7-11-15/h3-5,8-9,13,15-17H,6-7,10-12H2,1-2H3. The number of nitrogens with one attached hydrogen (secondary N) is 1. The van der Waals surface area contributed by atoms with E-state index in [1.807, 2.05) is 0 Å². The Labute approximate surface area is 111 Å². The second-order valence-corrected chi connectivity index (χ2v) is 5.73. The molecule has 1 aromatic carbocycles. The van der Waals surface area contributed by atoms with Crippen LogP contribution in [-0.2, 0) is 4.84 Å². The van der Waals surface area contributed by atoms with Crippen LogP contribution >= 0.6 is 0 Å². The Hall–Kier alpha value is -0.860. The largest absolute Gasteiger partial charge is 0.298 e. The van der Waals surface area contributed by atoms with Gasteiger partial charge in [-0.2, -0.15) is 5.48 Å². The molecule has 100 valence electrons. The molecule has 1 N–H and O–H groups in total. The molecule has 2 rings (SSSR count). The summed E-state index contributed by atoms with van der Waals surface area (Å²) in [5.41, 5.74) is 4.63. The van der Waals surface area contributed by atoms with Gasteiger partial charge in [0.05, 0.1) is 12.1 Å². The molecule has 18 heavy (non-hydrogen) atoms. The molecule has 1 aromatic rings. The zero-order valence-corrected chi connectivity index (χ0v) is 11.6.